The molecule has 7 nitrogen and oxygen atoms in total. The molecule has 0 radical (unpaired) electrons. The minimum absolute atomic E-state index is 0.0406. The van der Waals surface area contributed by atoms with E-state index in [1.807, 2.05) is 0 Å². The number of fused-ring (bicyclic) bond motifs is 2. The van der Waals surface area contributed by atoms with Crippen LogP contribution in [-0.2, 0) is 13.0 Å². The number of nitrogens with zero attached hydrogens (tertiary/aromatic N) is 2. The van der Waals surface area contributed by atoms with E-state index in [9.17, 15) is 9.59 Å². The van der Waals surface area contributed by atoms with Gasteiger partial charge in [0.25, 0.3) is 11.5 Å². The first-order valence-corrected chi connectivity index (χ1v) is 9.17. The van der Waals surface area contributed by atoms with E-state index < -0.39 is 0 Å². The van der Waals surface area contributed by atoms with Crippen LogP contribution in [0.2, 0.25) is 0 Å². The fourth-order valence-corrected chi connectivity index (χ4v) is 3.49. The third kappa shape index (κ3) is 3.19. The smallest absolute Gasteiger partial charge is 0.261 e. The Morgan fingerprint density at radius 1 is 1.11 bits per heavy atom. The topological polar surface area (TPSA) is 82.5 Å². The van der Waals surface area contributed by atoms with Crippen LogP contribution in [0.5, 0.6) is 11.5 Å². The van der Waals surface area contributed by atoms with E-state index in [4.69, 9.17) is 9.47 Å². The molecule has 0 saturated heterocycles. The van der Waals surface area contributed by atoms with Gasteiger partial charge in [-0.3, -0.25) is 14.2 Å². The van der Waals surface area contributed by atoms with E-state index in [0.717, 1.165) is 25.1 Å². The molecule has 2 heterocycles. The summed E-state index contributed by atoms with van der Waals surface area (Å²) in [5, 5.41) is 3.37. The maximum atomic E-state index is 12.8. The number of aromatic nitrogens is 2. The molecule has 0 bridgehead atoms. The third-order valence-corrected chi connectivity index (χ3v) is 4.98. The third-order valence-electron chi connectivity index (χ3n) is 4.98. The second kappa shape index (κ2) is 7.34. The number of rotatable bonds is 4. The van der Waals surface area contributed by atoms with Crippen LogP contribution in [-0.4, -0.2) is 29.7 Å². The van der Waals surface area contributed by atoms with Gasteiger partial charge in [0, 0.05) is 24.6 Å². The predicted octanol–water partition coefficient (Wildman–Crippen LogP) is 3.00. The molecule has 0 atom stereocenters. The number of hydrogen-bond donors (Lipinski definition) is 1. The lowest BCUT2D eigenvalue weighted by Crippen LogP contribution is -2.28. The van der Waals surface area contributed by atoms with Crippen LogP contribution >= 0.6 is 0 Å². The van der Waals surface area contributed by atoms with Crippen LogP contribution in [0.25, 0.3) is 10.9 Å². The highest BCUT2D eigenvalue weighted by Gasteiger charge is 2.17. The van der Waals surface area contributed by atoms with Gasteiger partial charge in [-0.1, -0.05) is 0 Å². The molecule has 144 valence electrons. The van der Waals surface area contributed by atoms with Gasteiger partial charge in [-0.2, -0.15) is 0 Å². The van der Waals surface area contributed by atoms with Crippen LogP contribution in [0.1, 0.15) is 29.0 Å². The summed E-state index contributed by atoms with van der Waals surface area (Å²) in [5.74, 6) is 1.61. The minimum atomic E-state index is -0.312. The Labute approximate surface area is 161 Å². The van der Waals surface area contributed by atoms with Crippen molar-refractivity contribution in [3.8, 4) is 11.5 Å². The van der Waals surface area contributed by atoms with Gasteiger partial charge < -0.3 is 14.8 Å². The lowest BCUT2D eigenvalue weighted by Gasteiger charge is -2.18. The standard InChI is InChI=1S/C21H21N3O4/c1-27-14-7-9-18(28-2)17(12-14)23-20(25)13-6-8-15-16(11-13)22-19-5-3-4-10-24(19)21(15)26/h6-9,11-12H,3-5,10H2,1-2H3,(H,23,25). The van der Waals surface area contributed by atoms with Crippen molar-refractivity contribution >= 4 is 22.5 Å². The summed E-state index contributed by atoms with van der Waals surface area (Å²) in [6, 6.07) is 10.1. The average Bonchev–Trinajstić information content (AvgIpc) is 2.73. The molecule has 1 aromatic heterocycles. The number of carbonyl (C=O) groups excluding carboxylic acids is 1. The molecule has 0 fully saturated rings. The molecule has 0 unspecified atom stereocenters. The van der Waals surface area contributed by atoms with Crippen LogP contribution < -0.4 is 20.3 Å². The van der Waals surface area contributed by atoms with Crippen LogP contribution in [0.15, 0.2) is 41.2 Å². The largest absolute Gasteiger partial charge is 0.497 e. The van der Waals surface area contributed by atoms with Crippen molar-refractivity contribution in [2.45, 2.75) is 25.8 Å². The molecule has 28 heavy (non-hydrogen) atoms. The van der Waals surface area contributed by atoms with Gasteiger partial charge in [0.15, 0.2) is 0 Å². The number of aryl methyl sites for hydroxylation is 1. The average molecular weight is 379 g/mol. The molecular formula is C21H21N3O4. The Morgan fingerprint density at radius 3 is 2.75 bits per heavy atom. The van der Waals surface area contributed by atoms with E-state index in [0.29, 0.717) is 40.2 Å². The highest BCUT2D eigenvalue weighted by atomic mass is 16.5. The molecule has 1 N–H and O–H groups in total. The molecule has 2 aromatic carbocycles. The zero-order valence-electron chi connectivity index (χ0n) is 15.8. The zero-order chi connectivity index (χ0) is 19.7. The summed E-state index contributed by atoms with van der Waals surface area (Å²) in [4.78, 5) is 30.1. The minimum Gasteiger partial charge on any atom is -0.497 e. The van der Waals surface area contributed by atoms with Crippen molar-refractivity contribution in [1.82, 2.24) is 9.55 Å². The number of ether oxygens (including phenoxy) is 2. The Morgan fingerprint density at radius 2 is 1.96 bits per heavy atom. The lowest BCUT2D eigenvalue weighted by molar-refractivity contribution is 0.102. The predicted molar refractivity (Wildman–Crippen MR) is 106 cm³/mol. The summed E-state index contributed by atoms with van der Waals surface area (Å²) >= 11 is 0. The van der Waals surface area contributed by atoms with Crippen LogP contribution in [0, 0.1) is 0 Å². The van der Waals surface area contributed by atoms with Crippen LogP contribution in [0.3, 0.4) is 0 Å². The van der Waals surface area contributed by atoms with E-state index in [1.54, 1.807) is 48.1 Å². The Kier molecular flexibility index (Phi) is 4.73. The first kappa shape index (κ1) is 18.0. The Hall–Kier alpha value is -3.35. The summed E-state index contributed by atoms with van der Waals surface area (Å²) in [6.45, 7) is 0.703. The normalized spacial score (nSPS) is 13.1. The summed E-state index contributed by atoms with van der Waals surface area (Å²) in [6.07, 6.45) is 2.79. The van der Waals surface area contributed by atoms with Gasteiger partial charge in [-0.15, -0.1) is 0 Å². The Balaban J connectivity index is 1.69. The van der Waals surface area contributed by atoms with E-state index in [1.165, 1.54) is 7.11 Å². The lowest BCUT2D eigenvalue weighted by atomic mass is 10.1. The monoisotopic (exact) mass is 379 g/mol. The van der Waals surface area contributed by atoms with Crippen molar-refractivity contribution in [1.29, 1.82) is 0 Å². The summed E-state index contributed by atoms with van der Waals surface area (Å²) in [5.41, 5.74) is 1.43. The molecular weight excluding hydrogens is 358 g/mol. The second-order valence-corrected chi connectivity index (χ2v) is 6.69. The van der Waals surface area contributed by atoms with Gasteiger partial charge in [-0.25, -0.2) is 4.98 Å². The van der Waals surface area contributed by atoms with E-state index in [-0.39, 0.29) is 11.5 Å². The number of methoxy groups -OCH3 is 2. The van der Waals surface area contributed by atoms with Crippen molar-refractivity contribution in [2.75, 3.05) is 19.5 Å². The molecule has 0 aliphatic carbocycles. The summed E-state index contributed by atoms with van der Waals surface area (Å²) < 4.78 is 12.3. The van der Waals surface area contributed by atoms with Gasteiger partial charge in [-0.05, 0) is 43.2 Å². The van der Waals surface area contributed by atoms with Gasteiger partial charge in [0.1, 0.15) is 17.3 Å². The molecule has 7 heteroatoms. The van der Waals surface area contributed by atoms with Gasteiger partial charge >= 0.3 is 0 Å². The van der Waals surface area contributed by atoms with Gasteiger partial charge in [0.2, 0.25) is 0 Å². The van der Waals surface area contributed by atoms with Crippen molar-refractivity contribution < 1.29 is 14.3 Å². The molecule has 1 amide bonds. The van der Waals surface area contributed by atoms with Crippen molar-refractivity contribution in [3.05, 3.63) is 58.1 Å². The number of benzene rings is 2. The summed E-state index contributed by atoms with van der Waals surface area (Å²) in [7, 11) is 3.09. The fourth-order valence-electron chi connectivity index (χ4n) is 3.49. The van der Waals surface area contributed by atoms with Crippen LogP contribution in [0.4, 0.5) is 5.69 Å². The Bertz CT molecular complexity index is 1120. The molecule has 0 spiro atoms. The molecule has 4 rings (SSSR count). The number of anilines is 1. The highest BCUT2D eigenvalue weighted by molar-refractivity contribution is 6.06. The van der Waals surface area contributed by atoms with Crippen molar-refractivity contribution in [3.63, 3.8) is 0 Å². The zero-order valence-corrected chi connectivity index (χ0v) is 15.8. The second-order valence-electron chi connectivity index (χ2n) is 6.69. The number of amides is 1. The first-order valence-electron chi connectivity index (χ1n) is 9.17. The first-order chi connectivity index (χ1) is 13.6. The number of nitrogens with one attached hydrogen (secondary N) is 1. The molecule has 1 aliphatic rings. The highest BCUT2D eigenvalue weighted by Crippen LogP contribution is 2.29. The maximum absolute atomic E-state index is 12.8. The SMILES string of the molecule is COc1ccc(OC)c(NC(=O)c2ccc3c(=O)n4c(nc3c2)CCCC4)c1. The van der Waals surface area contributed by atoms with Gasteiger partial charge in [0.05, 0.1) is 30.8 Å². The van der Waals surface area contributed by atoms with E-state index in [2.05, 4.69) is 10.3 Å². The molecule has 0 saturated carbocycles. The molecule has 3 aromatic rings. The quantitative estimate of drug-likeness (QED) is 0.754. The molecule has 1 aliphatic heterocycles. The number of hydrogen-bond acceptors (Lipinski definition) is 5. The number of carbonyl (C=O) groups is 1. The van der Waals surface area contributed by atoms with Crippen molar-refractivity contribution in [2.24, 2.45) is 0 Å². The maximum Gasteiger partial charge on any atom is 0.261 e. The van der Waals surface area contributed by atoms with E-state index >= 15 is 0 Å². The fraction of sp³-hybridized carbons (Fsp3) is 0.286.